The molecule has 1 aliphatic rings. The molecule has 28 heavy (non-hydrogen) atoms. The summed E-state index contributed by atoms with van der Waals surface area (Å²) in [5, 5.41) is 3.41. The van der Waals surface area contributed by atoms with Gasteiger partial charge in [0, 0.05) is 41.3 Å². The fourth-order valence-corrected chi connectivity index (χ4v) is 3.46. The number of nitrogens with zero attached hydrogens (tertiary/aromatic N) is 4. The Balaban J connectivity index is 1.66. The van der Waals surface area contributed by atoms with Crippen molar-refractivity contribution in [1.29, 1.82) is 0 Å². The standard InChI is InChI=1S/C21H35N5O2/c1-22-21(25(4)16-17-28-18-10-6-5-7-11-18)23-13-9-15-26-14-8-12-19(26)20(27)24(2)3/h5-7,10-11,19H,8-9,12-17H2,1-4H3,(H,22,23). The van der Waals surface area contributed by atoms with Crippen molar-refractivity contribution < 1.29 is 9.53 Å². The van der Waals surface area contributed by atoms with Gasteiger partial charge >= 0.3 is 0 Å². The molecule has 1 amide bonds. The van der Waals surface area contributed by atoms with Crippen LogP contribution in [0, 0.1) is 0 Å². The summed E-state index contributed by atoms with van der Waals surface area (Å²) in [5.74, 6) is 1.96. The van der Waals surface area contributed by atoms with Gasteiger partial charge in [-0.25, -0.2) is 0 Å². The number of likely N-dealkylation sites (tertiary alicyclic amines) is 1. The molecule has 0 radical (unpaired) electrons. The largest absolute Gasteiger partial charge is 0.492 e. The monoisotopic (exact) mass is 389 g/mol. The lowest BCUT2D eigenvalue weighted by Crippen LogP contribution is -2.44. The Bertz CT molecular complexity index is 620. The van der Waals surface area contributed by atoms with Crippen LogP contribution in [0.3, 0.4) is 0 Å². The summed E-state index contributed by atoms with van der Waals surface area (Å²) in [6.07, 6.45) is 3.05. The Morgan fingerprint density at radius 3 is 2.71 bits per heavy atom. The van der Waals surface area contributed by atoms with Crippen LogP contribution in [0.25, 0.3) is 0 Å². The summed E-state index contributed by atoms with van der Waals surface area (Å²) >= 11 is 0. The number of nitrogens with one attached hydrogen (secondary N) is 1. The number of guanidine groups is 1. The van der Waals surface area contributed by atoms with Gasteiger partial charge in [-0.1, -0.05) is 18.2 Å². The molecular weight excluding hydrogens is 354 g/mol. The molecule has 156 valence electrons. The number of amides is 1. The van der Waals surface area contributed by atoms with Crippen molar-refractivity contribution in [2.75, 3.05) is 61.0 Å². The predicted molar refractivity (Wildman–Crippen MR) is 114 cm³/mol. The lowest BCUT2D eigenvalue weighted by molar-refractivity contribution is -0.133. The molecule has 1 aromatic rings. The molecule has 7 heteroatoms. The molecule has 0 aromatic heterocycles. The van der Waals surface area contributed by atoms with Gasteiger partial charge in [-0.2, -0.15) is 0 Å². The van der Waals surface area contributed by atoms with E-state index in [2.05, 4.69) is 20.1 Å². The number of hydrogen-bond donors (Lipinski definition) is 1. The van der Waals surface area contributed by atoms with Gasteiger partial charge in [0.1, 0.15) is 12.4 Å². The third-order valence-corrected chi connectivity index (χ3v) is 5.01. The summed E-state index contributed by atoms with van der Waals surface area (Å²) in [7, 11) is 7.47. The van der Waals surface area contributed by atoms with Crippen LogP contribution in [0.2, 0.25) is 0 Å². The number of aliphatic imine (C=N–C) groups is 1. The van der Waals surface area contributed by atoms with Gasteiger partial charge in [0.05, 0.1) is 12.6 Å². The molecule has 1 atom stereocenters. The quantitative estimate of drug-likeness (QED) is 0.394. The molecule has 1 heterocycles. The number of ether oxygens (including phenoxy) is 1. The highest BCUT2D eigenvalue weighted by molar-refractivity contribution is 5.81. The number of carbonyl (C=O) groups is 1. The van der Waals surface area contributed by atoms with E-state index in [1.54, 1.807) is 11.9 Å². The van der Waals surface area contributed by atoms with Crippen LogP contribution in [0.1, 0.15) is 19.3 Å². The second-order valence-corrected chi connectivity index (χ2v) is 7.34. The minimum atomic E-state index is 0.0483. The molecule has 1 fully saturated rings. The fourth-order valence-electron chi connectivity index (χ4n) is 3.46. The first-order chi connectivity index (χ1) is 13.5. The van der Waals surface area contributed by atoms with Crippen molar-refractivity contribution in [3.8, 4) is 5.75 Å². The fraction of sp³-hybridized carbons (Fsp3) is 0.619. The zero-order valence-corrected chi connectivity index (χ0v) is 17.7. The summed E-state index contributed by atoms with van der Waals surface area (Å²) in [5.41, 5.74) is 0. The lowest BCUT2D eigenvalue weighted by Gasteiger charge is -2.26. The average Bonchev–Trinajstić information content (AvgIpc) is 3.16. The zero-order valence-electron chi connectivity index (χ0n) is 17.7. The molecule has 0 aliphatic carbocycles. The SMILES string of the molecule is CN=C(NCCCN1CCCC1C(=O)N(C)C)N(C)CCOc1ccccc1. The summed E-state index contributed by atoms with van der Waals surface area (Å²) in [6, 6.07) is 9.88. The van der Waals surface area contributed by atoms with E-state index in [0.717, 1.165) is 57.2 Å². The number of likely N-dealkylation sites (N-methyl/N-ethyl adjacent to an activating group) is 2. The number of hydrogen-bond acceptors (Lipinski definition) is 4. The number of benzene rings is 1. The van der Waals surface area contributed by atoms with Gasteiger partial charge < -0.3 is 19.9 Å². The van der Waals surface area contributed by atoms with E-state index in [-0.39, 0.29) is 11.9 Å². The molecular formula is C21H35N5O2. The highest BCUT2D eigenvalue weighted by atomic mass is 16.5. The van der Waals surface area contributed by atoms with Gasteiger partial charge in [0.2, 0.25) is 5.91 Å². The molecule has 0 saturated carbocycles. The number of carbonyl (C=O) groups excluding carboxylic acids is 1. The predicted octanol–water partition coefficient (Wildman–Crippen LogP) is 1.52. The van der Waals surface area contributed by atoms with Crippen LogP contribution < -0.4 is 10.1 Å². The van der Waals surface area contributed by atoms with E-state index in [0.29, 0.717) is 6.61 Å². The maximum atomic E-state index is 12.3. The van der Waals surface area contributed by atoms with Crippen LogP contribution in [0.5, 0.6) is 5.75 Å². The number of para-hydroxylation sites is 1. The maximum Gasteiger partial charge on any atom is 0.239 e. The molecule has 1 N–H and O–H groups in total. The van der Waals surface area contributed by atoms with Gasteiger partial charge in [-0.3, -0.25) is 14.7 Å². The Morgan fingerprint density at radius 1 is 1.29 bits per heavy atom. The van der Waals surface area contributed by atoms with Crippen molar-refractivity contribution in [3.63, 3.8) is 0 Å². The highest BCUT2D eigenvalue weighted by Crippen LogP contribution is 2.18. The second kappa shape index (κ2) is 11.5. The van der Waals surface area contributed by atoms with Gasteiger partial charge in [0.15, 0.2) is 5.96 Å². The lowest BCUT2D eigenvalue weighted by atomic mass is 10.2. The van der Waals surface area contributed by atoms with E-state index in [4.69, 9.17) is 4.74 Å². The van der Waals surface area contributed by atoms with E-state index in [1.807, 2.05) is 51.5 Å². The second-order valence-electron chi connectivity index (χ2n) is 7.34. The maximum absolute atomic E-state index is 12.3. The van der Waals surface area contributed by atoms with Crippen LogP contribution >= 0.6 is 0 Å². The van der Waals surface area contributed by atoms with Crippen molar-refractivity contribution in [3.05, 3.63) is 30.3 Å². The number of rotatable bonds is 9. The Morgan fingerprint density at radius 2 is 2.04 bits per heavy atom. The minimum absolute atomic E-state index is 0.0483. The third kappa shape index (κ3) is 6.71. The summed E-state index contributed by atoms with van der Waals surface area (Å²) in [4.78, 5) is 22.7. The van der Waals surface area contributed by atoms with Crippen LogP contribution in [-0.4, -0.2) is 93.6 Å². The van der Waals surface area contributed by atoms with Crippen molar-refractivity contribution in [1.82, 2.24) is 20.0 Å². The Kier molecular flexibility index (Phi) is 9.07. The Labute approximate surface area is 169 Å². The van der Waals surface area contributed by atoms with Crippen LogP contribution in [-0.2, 0) is 4.79 Å². The van der Waals surface area contributed by atoms with E-state index in [1.165, 1.54) is 0 Å². The summed E-state index contributed by atoms with van der Waals surface area (Å²) < 4.78 is 5.75. The first kappa shape index (κ1) is 22.0. The molecule has 0 spiro atoms. The average molecular weight is 390 g/mol. The van der Waals surface area contributed by atoms with E-state index < -0.39 is 0 Å². The van der Waals surface area contributed by atoms with Gasteiger partial charge in [-0.05, 0) is 37.9 Å². The summed E-state index contributed by atoms with van der Waals surface area (Å²) in [6.45, 7) is 4.12. The topological polar surface area (TPSA) is 60.4 Å². The van der Waals surface area contributed by atoms with Gasteiger partial charge in [-0.15, -0.1) is 0 Å². The highest BCUT2D eigenvalue weighted by Gasteiger charge is 2.30. The Hall–Kier alpha value is -2.28. The smallest absolute Gasteiger partial charge is 0.239 e. The first-order valence-corrected chi connectivity index (χ1v) is 10.1. The molecule has 1 aliphatic heterocycles. The molecule has 7 nitrogen and oxygen atoms in total. The van der Waals surface area contributed by atoms with Gasteiger partial charge in [0.25, 0.3) is 0 Å². The van der Waals surface area contributed by atoms with Crippen molar-refractivity contribution in [2.24, 2.45) is 4.99 Å². The molecule has 1 aromatic carbocycles. The van der Waals surface area contributed by atoms with Crippen molar-refractivity contribution in [2.45, 2.75) is 25.3 Å². The normalized spacial score (nSPS) is 17.4. The zero-order chi connectivity index (χ0) is 20.4. The third-order valence-electron chi connectivity index (χ3n) is 5.01. The minimum Gasteiger partial charge on any atom is -0.492 e. The van der Waals surface area contributed by atoms with Crippen LogP contribution in [0.4, 0.5) is 0 Å². The van der Waals surface area contributed by atoms with E-state index >= 15 is 0 Å². The molecule has 0 bridgehead atoms. The molecule has 1 unspecified atom stereocenters. The molecule has 2 rings (SSSR count). The van der Waals surface area contributed by atoms with Crippen molar-refractivity contribution >= 4 is 11.9 Å². The van der Waals surface area contributed by atoms with Crippen LogP contribution in [0.15, 0.2) is 35.3 Å². The molecule has 1 saturated heterocycles. The first-order valence-electron chi connectivity index (χ1n) is 10.1. The van der Waals surface area contributed by atoms with E-state index in [9.17, 15) is 4.79 Å².